The average molecular weight is 403 g/mol. The van der Waals surface area contributed by atoms with Crippen LogP contribution >= 0.6 is 11.5 Å². The Morgan fingerprint density at radius 2 is 1.96 bits per heavy atom. The fourth-order valence-electron chi connectivity index (χ4n) is 3.95. The third-order valence-corrected chi connectivity index (χ3v) is 6.50. The molecule has 1 aliphatic rings. The molecule has 3 N–H and O–H groups in total. The molecular weight excluding hydrogens is 368 g/mol. The number of unbranched alkanes of at least 4 members (excludes halogenated alkanes) is 1. The van der Waals surface area contributed by atoms with Gasteiger partial charge in [-0.1, -0.05) is 25.5 Å². The van der Waals surface area contributed by atoms with Crippen LogP contribution in [0.25, 0.3) is 10.1 Å². The fourth-order valence-corrected chi connectivity index (χ4v) is 4.70. The maximum absolute atomic E-state index is 11.9. The highest BCUT2D eigenvalue weighted by Gasteiger charge is 2.21. The normalized spacial score (nSPS) is 19.6. The van der Waals surface area contributed by atoms with Gasteiger partial charge in [-0.05, 0) is 74.7 Å². The van der Waals surface area contributed by atoms with Crippen LogP contribution in [0.3, 0.4) is 0 Å². The van der Waals surface area contributed by atoms with E-state index in [9.17, 15) is 4.79 Å². The monoisotopic (exact) mass is 402 g/mol. The van der Waals surface area contributed by atoms with E-state index in [4.69, 9.17) is 0 Å². The minimum absolute atomic E-state index is 0.243. The summed E-state index contributed by atoms with van der Waals surface area (Å²) in [5.41, 5.74) is 0. The highest BCUT2D eigenvalue weighted by Crippen LogP contribution is 2.27. The van der Waals surface area contributed by atoms with Crippen LogP contribution in [0.2, 0.25) is 0 Å². The van der Waals surface area contributed by atoms with Gasteiger partial charge in [0.15, 0.2) is 0 Å². The summed E-state index contributed by atoms with van der Waals surface area (Å²) in [6, 6.07) is 8.76. The fraction of sp³-hybridized carbons (Fsp3) is 0.636. The molecule has 0 aliphatic heterocycles. The first-order valence-corrected chi connectivity index (χ1v) is 11.6. The van der Waals surface area contributed by atoms with Crippen molar-refractivity contribution in [2.24, 2.45) is 5.92 Å². The van der Waals surface area contributed by atoms with E-state index in [1.807, 2.05) is 0 Å². The van der Waals surface area contributed by atoms with Gasteiger partial charge in [-0.2, -0.15) is 4.37 Å². The van der Waals surface area contributed by atoms with Crippen LogP contribution in [0.15, 0.2) is 24.3 Å². The first kappa shape index (κ1) is 21.1. The lowest BCUT2D eigenvalue weighted by atomic mass is 9.84. The van der Waals surface area contributed by atoms with Crippen LogP contribution in [-0.2, 0) is 4.79 Å². The van der Waals surface area contributed by atoms with E-state index in [-0.39, 0.29) is 5.91 Å². The van der Waals surface area contributed by atoms with Crippen molar-refractivity contribution in [3.63, 3.8) is 0 Å². The molecule has 5 nitrogen and oxygen atoms in total. The van der Waals surface area contributed by atoms with Gasteiger partial charge in [-0.15, -0.1) is 0 Å². The number of anilines is 1. The van der Waals surface area contributed by atoms with Gasteiger partial charge in [0.05, 0.1) is 4.70 Å². The zero-order valence-electron chi connectivity index (χ0n) is 17.0. The molecule has 1 aliphatic carbocycles. The lowest BCUT2D eigenvalue weighted by Crippen LogP contribution is -2.37. The van der Waals surface area contributed by atoms with Gasteiger partial charge >= 0.3 is 0 Å². The Hall–Kier alpha value is -1.66. The van der Waals surface area contributed by atoms with Crippen molar-refractivity contribution in [3.05, 3.63) is 24.3 Å². The van der Waals surface area contributed by atoms with Crippen molar-refractivity contribution in [2.45, 2.75) is 64.3 Å². The number of nitrogens with one attached hydrogen (secondary N) is 3. The van der Waals surface area contributed by atoms with Crippen molar-refractivity contribution in [1.29, 1.82) is 0 Å². The second kappa shape index (κ2) is 11.4. The van der Waals surface area contributed by atoms with Crippen molar-refractivity contribution >= 4 is 33.3 Å². The van der Waals surface area contributed by atoms with E-state index in [0.717, 1.165) is 57.1 Å². The van der Waals surface area contributed by atoms with Crippen LogP contribution < -0.4 is 16.0 Å². The lowest BCUT2D eigenvalue weighted by molar-refractivity contribution is -0.122. The number of benzene rings is 1. The first-order chi connectivity index (χ1) is 13.8. The molecule has 0 atom stereocenters. The smallest absolute Gasteiger partial charge is 0.220 e. The average Bonchev–Trinajstić information content (AvgIpc) is 3.13. The quantitative estimate of drug-likeness (QED) is 0.482. The molecule has 0 radical (unpaired) electrons. The van der Waals surface area contributed by atoms with Gasteiger partial charge in [0.25, 0.3) is 0 Å². The van der Waals surface area contributed by atoms with Crippen LogP contribution in [0.5, 0.6) is 0 Å². The molecule has 2 aromatic rings. The molecule has 1 heterocycles. The molecule has 1 aromatic carbocycles. The Bertz CT molecular complexity index is 724. The zero-order valence-corrected chi connectivity index (χ0v) is 17.8. The number of amides is 1. The topological polar surface area (TPSA) is 66.1 Å². The van der Waals surface area contributed by atoms with Gasteiger partial charge in [0.1, 0.15) is 5.82 Å². The highest BCUT2D eigenvalue weighted by atomic mass is 32.1. The number of rotatable bonds is 11. The van der Waals surface area contributed by atoms with Gasteiger partial charge in [0, 0.05) is 30.9 Å². The van der Waals surface area contributed by atoms with E-state index in [2.05, 4.69) is 51.5 Å². The second-order valence-electron chi connectivity index (χ2n) is 7.88. The van der Waals surface area contributed by atoms with Crippen molar-refractivity contribution in [2.75, 3.05) is 25.0 Å². The molecule has 28 heavy (non-hydrogen) atoms. The third kappa shape index (κ3) is 6.45. The zero-order chi connectivity index (χ0) is 19.6. The molecular formula is C22H34N4OS. The standard InChI is InChI=1S/C22H34N4OS/c1-2-3-8-21(27)25-18-11-9-17(10-12-18)13-14-23-15-16-24-22-19-6-4-5-7-20(19)28-26-22/h4-7,17-18,23H,2-3,8-16H2,1H3,(H,24,26)(H,25,27). The molecule has 6 heteroatoms. The predicted molar refractivity (Wildman–Crippen MR) is 119 cm³/mol. The summed E-state index contributed by atoms with van der Waals surface area (Å²) >= 11 is 1.55. The molecule has 0 unspecified atom stereocenters. The number of aromatic nitrogens is 1. The molecule has 0 spiro atoms. The Morgan fingerprint density at radius 1 is 1.14 bits per heavy atom. The number of hydrogen-bond donors (Lipinski definition) is 3. The van der Waals surface area contributed by atoms with Crippen molar-refractivity contribution in [1.82, 2.24) is 15.0 Å². The Morgan fingerprint density at radius 3 is 2.79 bits per heavy atom. The van der Waals surface area contributed by atoms with E-state index in [0.29, 0.717) is 12.5 Å². The summed E-state index contributed by atoms with van der Waals surface area (Å²) in [4.78, 5) is 11.9. The van der Waals surface area contributed by atoms with Crippen molar-refractivity contribution in [3.8, 4) is 0 Å². The molecule has 3 rings (SSSR count). The number of carbonyl (C=O) groups excluding carboxylic acids is 1. The molecule has 1 aromatic heterocycles. The van der Waals surface area contributed by atoms with Crippen LogP contribution in [0, 0.1) is 5.92 Å². The minimum atomic E-state index is 0.243. The summed E-state index contributed by atoms with van der Waals surface area (Å²) in [6.07, 6.45) is 8.76. The molecule has 1 saturated carbocycles. The summed E-state index contributed by atoms with van der Waals surface area (Å²) in [6.45, 7) is 5.04. The number of carbonyl (C=O) groups is 1. The summed E-state index contributed by atoms with van der Waals surface area (Å²) in [5.74, 6) is 2.04. The molecule has 1 fully saturated rings. The van der Waals surface area contributed by atoms with Gasteiger partial charge in [0.2, 0.25) is 5.91 Å². The van der Waals surface area contributed by atoms with E-state index in [1.54, 1.807) is 11.5 Å². The van der Waals surface area contributed by atoms with Gasteiger partial charge < -0.3 is 16.0 Å². The lowest BCUT2D eigenvalue weighted by Gasteiger charge is -2.29. The Balaban J connectivity index is 1.23. The number of fused-ring (bicyclic) bond motifs is 1. The maximum atomic E-state index is 11.9. The molecule has 154 valence electrons. The molecule has 0 saturated heterocycles. The van der Waals surface area contributed by atoms with Gasteiger partial charge in [-0.25, -0.2) is 0 Å². The van der Waals surface area contributed by atoms with E-state index in [1.165, 1.54) is 29.3 Å². The Labute approximate surface area is 172 Å². The first-order valence-electron chi connectivity index (χ1n) is 10.8. The van der Waals surface area contributed by atoms with E-state index < -0.39 is 0 Å². The molecule has 0 bridgehead atoms. The van der Waals surface area contributed by atoms with E-state index >= 15 is 0 Å². The predicted octanol–water partition coefficient (Wildman–Crippen LogP) is 4.55. The van der Waals surface area contributed by atoms with Crippen LogP contribution in [-0.4, -0.2) is 36.0 Å². The largest absolute Gasteiger partial charge is 0.367 e. The maximum Gasteiger partial charge on any atom is 0.220 e. The Kier molecular flexibility index (Phi) is 8.55. The minimum Gasteiger partial charge on any atom is -0.367 e. The third-order valence-electron chi connectivity index (χ3n) is 5.67. The van der Waals surface area contributed by atoms with Gasteiger partial charge in [-0.3, -0.25) is 4.79 Å². The molecule has 1 amide bonds. The summed E-state index contributed by atoms with van der Waals surface area (Å²) < 4.78 is 5.73. The number of hydrogen-bond acceptors (Lipinski definition) is 5. The highest BCUT2D eigenvalue weighted by molar-refractivity contribution is 7.13. The number of nitrogens with zero attached hydrogens (tertiary/aromatic N) is 1. The van der Waals surface area contributed by atoms with Crippen molar-refractivity contribution < 1.29 is 4.79 Å². The van der Waals surface area contributed by atoms with Crippen LogP contribution in [0.1, 0.15) is 58.3 Å². The van der Waals surface area contributed by atoms with Crippen LogP contribution in [0.4, 0.5) is 5.82 Å². The summed E-state index contributed by atoms with van der Waals surface area (Å²) in [7, 11) is 0. The SMILES string of the molecule is CCCCC(=O)NC1CCC(CCNCCNc2nsc3ccccc23)CC1. The second-order valence-corrected chi connectivity index (χ2v) is 8.69. The summed E-state index contributed by atoms with van der Waals surface area (Å²) in [5, 5.41) is 11.4.